The molecule has 21 heavy (non-hydrogen) atoms. The molecule has 1 aliphatic rings. The molecule has 0 bridgehead atoms. The smallest absolute Gasteiger partial charge is 0.326 e. The van der Waals surface area contributed by atoms with Gasteiger partial charge in [0, 0.05) is 18.8 Å². The lowest BCUT2D eigenvalue weighted by Crippen LogP contribution is -2.59. The fourth-order valence-corrected chi connectivity index (χ4v) is 2.87. The Morgan fingerprint density at radius 1 is 1.24 bits per heavy atom. The molecule has 1 aliphatic heterocycles. The summed E-state index contributed by atoms with van der Waals surface area (Å²) in [5.74, 6) is -0.0915. The number of carbonyl (C=O) groups excluding carboxylic acids is 1. The van der Waals surface area contributed by atoms with Crippen LogP contribution in [0.5, 0.6) is 0 Å². The van der Waals surface area contributed by atoms with Crippen LogP contribution in [-0.2, 0) is 9.53 Å². The largest absolute Gasteiger partial charge is 0.465 e. The monoisotopic (exact) mass is 290 g/mol. The molecule has 116 valence electrons. The summed E-state index contributed by atoms with van der Waals surface area (Å²) in [5.41, 5.74) is 0.725. The number of anilines is 1. The third-order valence-corrected chi connectivity index (χ3v) is 4.12. The number of nitrogens with zero attached hydrogens (tertiary/aromatic N) is 1. The second kappa shape index (κ2) is 7.46. The van der Waals surface area contributed by atoms with Gasteiger partial charge in [0.05, 0.1) is 6.61 Å². The summed E-state index contributed by atoms with van der Waals surface area (Å²) in [6.45, 7) is 7.02. The van der Waals surface area contributed by atoms with Gasteiger partial charge in [-0.05, 0) is 44.9 Å². The molecule has 0 atom stereocenters. The average molecular weight is 290 g/mol. The molecule has 0 saturated carbocycles. The summed E-state index contributed by atoms with van der Waals surface area (Å²) in [6.07, 6.45) is 2.60. The molecule has 0 unspecified atom stereocenters. The van der Waals surface area contributed by atoms with Gasteiger partial charge in [-0.3, -0.25) is 4.79 Å². The minimum absolute atomic E-state index is 0.0915. The topological polar surface area (TPSA) is 41.6 Å². The number of nitrogens with one attached hydrogen (secondary N) is 1. The van der Waals surface area contributed by atoms with Gasteiger partial charge in [-0.1, -0.05) is 25.1 Å². The molecule has 1 heterocycles. The predicted molar refractivity (Wildman–Crippen MR) is 85.5 cm³/mol. The van der Waals surface area contributed by atoms with Crippen molar-refractivity contribution in [2.75, 3.05) is 31.1 Å². The Bertz CT molecular complexity index is 439. The normalized spacial score (nSPS) is 17.5. The molecule has 0 radical (unpaired) electrons. The second-order valence-electron chi connectivity index (χ2n) is 5.55. The zero-order valence-electron chi connectivity index (χ0n) is 13.1. The molecule has 0 aromatic heterocycles. The van der Waals surface area contributed by atoms with Crippen LogP contribution in [0.4, 0.5) is 5.69 Å². The highest BCUT2D eigenvalue weighted by atomic mass is 16.5. The Morgan fingerprint density at radius 2 is 1.90 bits per heavy atom. The van der Waals surface area contributed by atoms with Gasteiger partial charge in [0.15, 0.2) is 0 Å². The lowest BCUT2D eigenvalue weighted by Gasteiger charge is -2.41. The minimum Gasteiger partial charge on any atom is -0.465 e. The van der Waals surface area contributed by atoms with E-state index in [4.69, 9.17) is 4.74 Å². The quantitative estimate of drug-likeness (QED) is 0.818. The molecule has 1 aromatic carbocycles. The number of rotatable bonds is 6. The van der Waals surface area contributed by atoms with Crippen molar-refractivity contribution in [3.63, 3.8) is 0 Å². The maximum atomic E-state index is 12.4. The highest BCUT2D eigenvalue weighted by Gasteiger charge is 2.42. The van der Waals surface area contributed by atoms with E-state index in [1.54, 1.807) is 0 Å². The van der Waals surface area contributed by atoms with E-state index in [1.807, 2.05) is 13.0 Å². The van der Waals surface area contributed by atoms with Crippen molar-refractivity contribution in [2.24, 2.45) is 0 Å². The van der Waals surface area contributed by atoms with Crippen molar-refractivity contribution in [3.05, 3.63) is 30.3 Å². The van der Waals surface area contributed by atoms with Gasteiger partial charge in [-0.15, -0.1) is 0 Å². The first-order valence-corrected chi connectivity index (χ1v) is 7.94. The molecule has 1 N–H and O–H groups in total. The SMILES string of the molecule is CCCNC1(C(=O)OCC)CCN(c2ccccc2)CC1. The van der Waals surface area contributed by atoms with Gasteiger partial charge >= 0.3 is 5.97 Å². The third kappa shape index (κ3) is 3.76. The Morgan fingerprint density at radius 3 is 2.48 bits per heavy atom. The summed E-state index contributed by atoms with van der Waals surface area (Å²) in [6, 6.07) is 10.4. The summed E-state index contributed by atoms with van der Waals surface area (Å²) < 4.78 is 5.30. The van der Waals surface area contributed by atoms with Crippen LogP contribution in [0.1, 0.15) is 33.1 Å². The van der Waals surface area contributed by atoms with Crippen molar-refractivity contribution in [2.45, 2.75) is 38.6 Å². The third-order valence-electron chi connectivity index (χ3n) is 4.12. The van der Waals surface area contributed by atoms with Crippen LogP contribution in [0.25, 0.3) is 0 Å². The fourth-order valence-electron chi connectivity index (χ4n) is 2.87. The first-order valence-electron chi connectivity index (χ1n) is 7.94. The first-order chi connectivity index (χ1) is 10.2. The molecular weight excluding hydrogens is 264 g/mol. The summed E-state index contributed by atoms with van der Waals surface area (Å²) in [7, 11) is 0. The van der Waals surface area contributed by atoms with E-state index in [-0.39, 0.29) is 5.97 Å². The van der Waals surface area contributed by atoms with Crippen LogP contribution in [0.15, 0.2) is 30.3 Å². The molecule has 4 heteroatoms. The highest BCUT2D eigenvalue weighted by Crippen LogP contribution is 2.27. The standard InChI is InChI=1S/C17H26N2O2/c1-3-12-18-17(16(20)21-4-2)10-13-19(14-11-17)15-8-6-5-7-9-15/h5-9,18H,3-4,10-14H2,1-2H3. The van der Waals surface area contributed by atoms with E-state index in [9.17, 15) is 4.79 Å². The van der Waals surface area contributed by atoms with Gasteiger partial charge in [-0.25, -0.2) is 0 Å². The molecular formula is C17H26N2O2. The first kappa shape index (κ1) is 15.8. The minimum atomic E-state index is -0.503. The summed E-state index contributed by atoms with van der Waals surface area (Å²) in [5, 5.41) is 3.44. The molecule has 1 saturated heterocycles. The summed E-state index contributed by atoms with van der Waals surface area (Å²) in [4.78, 5) is 14.7. The lowest BCUT2D eigenvalue weighted by atomic mass is 9.87. The predicted octanol–water partition coefficient (Wildman–Crippen LogP) is 2.59. The summed E-state index contributed by atoms with van der Waals surface area (Å²) >= 11 is 0. The van der Waals surface area contributed by atoms with Crippen LogP contribution < -0.4 is 10.2 Å². The zero-order chi connectivity index (χ0) is 15.1. The van der Waals surface area contributed by atoms with Gasteiger partial charge in [-0.2, -0.15) is 0 Å². The van der Waals surface area contributed by atoms with E-state index in [0.29, 0.717) is 6.61 Å². The number of carbonyl (C=O) groups is 1. The molecule has 1 aromatic rings. The van der Waals surface area contributed by atoms with E-state index in [1.165, 1.54) is 5.69 Å². The van der Waals surface area contributed by atoms with Crippen LogP contribution in [0.3, 0.4) is 0 Å². The second-order valence-corrected chi connectivity index (χ2v) is 5.55. The highest BCUT2D eigenvalue weighted by molar-refractivity contribution is 5.81. The molecule has 0 spiro atoms. The number of piperidine rings is 1. The van der Waals surface area contributed by atoms with Crippen molar-refractivity contribution >= 4 is 11.7 Å². The van der Waals surface area contributed by atoms with E-state index in [0.717, 1.165) is 38.9 Å². The van der Waals surface area contributed by atoms with E-state index in [2.05, 4.69) is 41.4 Å². The molecule has 0 aliphatic carbocycles. The van der Waals surface area contributed by atoms with Crippen LogP contribution in [0.2, 0.25) is 0 Å². The van der Waals surface area contributed by atoms with Gasteiger partial charge in [0.25, 0.3) is 0 Å². The van der Waals surface area contributed by atoms with Crippen molar-refractivity contribution in [3.8, 4) is 0 Å². The van der Waals surface area contributed by atoms with Crippen molar-refractivity contribution in [1.82, 2.24) is 5.32 Å². The average Bonchev–Trinajstić information content (AvgIpc) is 2.54. The lowest BCUT2D eigenvalue weighted by molar-refractivity contribution is -0.152. The van der Waals surface area contributed by atoms with E-state index >= 15 is 0 Å². The van der Waals surface area contributed by atoms with Crippen LogP contribution in [0, 0.1) is 0 Å². The van der Waals surface area contributed by atoms with E-state index < -0.39 is 5.54 Å². The number of hydrogen-bond acceptors (Lipinski definition) is 4. The molecule has 1 fully saturated rings. The van der Waals surface area contributed by atoms with Crippen molar-refractivity contribution < 1.29 is 9.53 Å². The molecule has 0 amide bonds. The Balaban J connectivity index is 2.04. The Kier molecular flexibility index (Phi) is 5.62. The molecule has 2 rings (SSSR count). The maximum absolute atomic E-state index is 12.4. The molecule has 4 nitrogen and oxygen atoms in total. The zero-order valence-corrected chi connectivity index (χ0v) is 13.1. The Labute approximate surface area is 127 Å². The Hall–Kier alpha value is -1.55. The maximum Gasteiger partial charge on any atom is 0.326 e. The van der Waals surface area contributed by atoms with Gasteiger partial charge in [0.2, 0.25) is 0 Å². The number of hydrogen-bond donors (Lipinski definition) is 1. The number of esters is 1. The van der Waals surface area contributed by atoms with Crippen LogP contribution >= 0.6 is 0 Å². The number of para-hydroxylation sites is 1. The van der Waals surface area contributed by atoms with Crippen LogP contribution in [-0.4, -0.2) is 37.7 Å². The van der Waals surface area contributed by atoms with Gasteiger partial charge in [0.1, 0.15) is 5.54 Å². The fraction of sp³-hybridized carbons (Fsp3) is 0.588. The van der Waals surface area contributed by atoms with Gasteiger partial charge < -0.3 is 15.0 Å². The van der Waals surface area contributed by atoms with Crippen molar-refractivity contribution in [1.29, 1.82) is 0 Å². The number of benzene rings is 1. The number of ether oxygens (including phenoxy) is 1.